The van der Waals surface area contributed by atoms with Crippen LogP contribution in [0.2, 0.25) is 0 Å². The Labute approximate surface area is 121 Å². The first-order valence-electron chi connectivity index (χ1n) is 7.63. The lowest BCUT2D eigenvalue weighted by atomic mass is 10.0. The summed E-state index contributed by atoms with van der Waals surface area (Å²) in [7, 11) is 0. The summed E-state index contributed by atoms with van der Waals surface area (Å²) in [5, 5.41) is 8.02. The van der Waals surface area contributed by atoms with Gasteiger partial charge in [-0.3, -0.25) is 4.68 Å². The molecule has 0 saturated heterocycles. The van der Waals surface area contributed by atoms with Crippen molar-refractivity contribution in [2.75, 3.05) is 0 Å². The summed E-state index contributed by atoms with van der Waals surface area (Å²) in [6.07, 6.45) is 5.79. The van der Waals surface area contributed by atoms with Crippen LogP contribution in [0.3, 0.4) is 0 Å². The van der Waals surface area contributed by atoms with Crippen LogP contribution in [-0.4, -0.2) is 15.8 Å². The van der Waals surface area contributed by atoms with E-state index in [1.54, 1.807) is 0 Å². The lowest BCUT2D eigenvalue weighted by molar-refractivity contribution is 0.587. The highest BCUT2D eigenvalue weighted by molar-refractivity contribution is 5.65. The van der Waals surface area contributed by atoms with Gasteiger partial charge in [0.2, 0.25) is 0 Å². The Bertz CT molecular complexity index is 564. The summed E-state index contributed by atoms with van der Waals surface area (Å²) in [6, 6.07) is 9.64. The summed E-state index contributed by atoms with van der Waals surface area (Å²) in [5.41, 5.74) is 5.13. The van der Waals surface area contributed by atoms with Gasteiger partial charge in [0, 0.05) is 30.4 Å². The Morgan fingerprint density at radius 3 is 2.65 bits per heavy atom. The minimum Gasteiger partial charge on any atom is -0.310 e. The first-order valence-corrected chi connectivity index (χ1v) is 7.63. The first-order chi connectivity index (χ1) is 9.78. The van der Waals surface area contributed by atoms with Gasteiger partial charge in [-0.15, -0.1) is 0 Å². The molecule has 1 fully saturated rings. The number of hydrogen-bond donors (Lipinski definition) is 1. The molecular weight excluding hydrogens is 246 g/mol. The van der Waals surface area contributed by atoms with Gasteiger partial charge in [0.25, 0.3) is 0 Å². The number of aromatic nitrogens is 2. The number of benzene rings is 1. The number of nitrogens with one attached hydrogen (secondary N) is 1. The molecule has 2 aromatic rings. The molecule has 3 rings (SSSR count). The summed E-state index contributed by atoms with van der Waals surface area (Å²) < 4.78 is 2.10. The second-order valence-electron chi connectivity index (χ2n) is 5.72. The van der Waals surface area contributed by atoms with E-state index < -0.39 is 0 Å². The molecule has 3 heteroatoms. The van der Waals surface area contributed by atoms with Crippen molar-refractivity contribution in [3.8, 4) is 11.1 Å². The van der Waals surface area contributed by atoms with Crippen molar-refractivity contribution in [2.24, 2.45) is 0 Å². The molecule has 3 nitrogen and oxygen atoms in total. The van der Waals surface area contributed by atoms with E-state index in [-0.39, 0.29) is 0 Å². The molecule has 0 unspecified atom stereocenters. The van der Waals surface area contributed by atoms with Gasteiger partial charge in [-0.05, 0) is 37.3 Å². The highest BCUT2D eigenvalue weighted by atomic mass is 15.3. The predicted molar refractivity (Wildman–Crippen MR) is 82.6 cm³/mol. The van der Waals surface area contributed by atoms with Crippen molar-refractivity contribution in [1.82, 2.24) is 15.1 Å². The Morgan fingerprint density at radius 1 is 1.25 bits per heavy atom. The quantitative estimate of drug-likeness (QED) is 0.869. The van der Waals surface area contributed by atoms with Crippen LogP contribution in [0.5, 0.6) is 0 Å². The molecule has 0 amide bonds. The normalized spacial score (nSPS) is 14.7. The number of rotatable bonds is 6. The molecule has 1 heterocycles. The fourth-order valence-corrected chi connectivity index (χ4v) is 2.52. The van der Waals surface area contributed by atoms with Crippen molar-refractivity contribution in [1.29, 1.82) is 0 Å². The minimum atomic E-state index is 0.768. The van der Waals surface area contributed by atoms with Crippen molar-refractivity contribution < 1.29 is 0 Å². The smallest absolute Gasteiger partial charge is 0.0571 e. The zero-order valence-corrected chi connectivity index (χ0v) is 12.4. The van der Waals surface area contributed by atoms with Gasteiger partial charge in [0.1, 0.15) is 0 Å². The zero-order valence-electron chi connectivity index (χ0n) is 12.4. The van der Waals surface area contributed by atoms with Crippen LogP contribution in [0, 0.1) is 6.92 Å². The van der Waals surface area contributed by atoms with Crippen molar-refractivity contribution in [2.45, 2.75) is 52.2 Å². The Hall–Kier alpha value is -1.61. The molecule has 0 bridgehead atoms. The molecule has 1 saturated carbocycles. The number of aryl methyl sites for hydroxylation is 1. The third-order valence-electron chi connectivity index (χ3n) is 3.98. The molecule has 0 aliphatic heterocycles. The maximum absolute atomic E-state index is 4.48. The van der Waals surface area contributed by atoms with Crippen LogP contribution >= 0.6 is 0 Å². The molecule has 1 aliphatic carbocycles. The van der Waals surface area contributed by atoms with E-state index in [0.717, 1.165) is 25.6 Å². The highest BCUT2D eigenvalue weighted by Gasteiger charge is 2.19. The van der Waals surface area contributed by atoms with Crippen molar-refractivity contribution >= 4 is 0 Å². The van der Waals surface area contributed by atoms with E-state index in [1.165, 1.54) is 35.2 Å². The lowest BCUT2D eigenvalue weighted by Gasteiger charge is -2.06. The maximum Gasteiger partial charge on any atom is 0.0571 e. The van der Waals surface area contributed by atoms with E-state index in [1.807, 2.05) is 6.20 Å². The van der Waals surface area contributed by atoms with Gasteiger partial charge in [0.05, 0.1) is 6.20 Å². The average molecular weight is 269 g/mol. The van der Waals surface area contributed by atoms with Crippen LogP contribution in [0.25, 0.3) is 11.1 Å². The summed E-state index contributed by atoms with van der Waals surface area (Å²) in [4.78, 5) is 0. The molecule has 20 heavy (non-hydrogen) atoms. The predicted octanol–water partition coefficient (Wildman–Crippen LogP) is 3.52. The molecule has 106 valence electrons. The first kappa shape index (κ1) is 13.4. The van der Waals surface area contributed by atoms with E-state index in [4.69, 9.17) is 0 Å². The second kappa shape index (κ2) is 5.80. The molecule has 1 aromatic heterocycles. The Morgan fingerprint density at radius 2 is 2.00 bits per heavy atom. The van der Waals surface area contributed by atoms with Gasteiger partial charge < -0.3 is 5.32 Å². The lowest BCUT2D eigenvalue weighted by Crippen LogP contribution is -2.14. The molecule has 0 radical (unpaired) electrons. The standard InChI is InChI=1S/C17H23N3/c1-3-10-20-13(2)17(12-19-20)15-6-4-14(5-7-15)11-18-16-8-9-16/h4-7,12,16,18H,3,8-11H2,1-2H3. The molecule has 0 atom stereocenters. The molecule has 1 aromatic carbocycles. The fourth-order valence-electron chi connectivity index (χ4n) is 2.52. The molecule has 0 spiro atoms. The van der Waals surface area contributed by atoms with Crippen LogP contribution in [0.4, 0.5) is 0 Å². The zero-order chi connectivity index (χ0) is 13.9. The largest absolute Gasteiger partial charge is 0.310 e. The molecular formula is C17H23N3. The van der Waals surface area contributed by atoms with Crippen molar-refractivity contribution in [3.63, 3.8) is 0 Å². The fraction of sp³-hybridized carbons (Fsp3) is 0.471. The Kier molecular flexibility index (Phi) is 3.88. The maximum atomic E-state index is 4.48. The third kappa shape index (κ3) is 2.93. The Balaban J connectivity index is 1.72. The van der Waals surface area contributed by atoms with E-state index in [0.29, 0.717) is 0 Å². The van der Waals surface area contributed by atoms with Crippen LogP contribution < -0.4 is 5.32 Å². The SMILES string of the molecule is CCCn1ncc(-c2ccc(CNC3CC3)cc2)c1C. The van der Waals surface area contributed by atoms with Gasteiger partial charge in [-0.25, -0.2) is 0 Å². The topological polar surface area (TPSA) is 29.9 Å². The van der Waals surface area contributed by atoms with E-state index in [9.17, 15) is 0 Å². The second-order valence-corrected chi connectivity index (χ2v) is 5.72. The van der Waals surface area contributed by atoms with Gasteiger partial charge >= 0.3 is 0 Å². The van der Waals surface area contributed by atoms with E-state index in [2.05, 4.69) is 53.2 Å². The highest BCUT2D eigenvalue weighted by Crippen LogP contribution is 2.24. The van der Waals surface area contributed by atoms with Gasteiger partial charge in [-0.2, -0.15) is 5.10 Å². The van der Waals surface area contributed by atoms with E-state index >= 15 is 0 Å². The number of hydrogen-bond acceptors (Lipinski definition) is 2. The summed E-state index contributed by atoms with van der Waals surface area (Å²) in [6.45, 7) is 6.32. The minimum absolute atomic E-state index is 0.768. The van der Waals surface area contributed by atoms with Crippen molar-refractivity contribution in [3.05, 3.63) is 41.7 Å². The molecule has 1 aliphatic rings. The van der Waals surface area contributed by atoms with Gasteiger partial charge in [-0.1, -0.05) is 31.2 Å². The van der Waals surface area contributed by atoms with Crippen LogP contribution in [0.1, 0.15) is 37.4 Å². The third-order valence-corrected chi connectivity index (χ3v) is 3.98. The monoisotopic (exact) mass is 269 g/mol. The van der Waals surface area contributed by atoms with Gasteiger partial charge in [0.15, 0.2) is 0 Å². The number of nitrogens with zero attached hydrogens (tertiary/aromatic N) is 2. The van der Waals surface area contributed by atoms with Crippen LogP contribution in [0.15, 0.2) is 30.5 Å². The van der Waals surface area contributed by atoms with Crippen LogP contribution in [-0.2, 0) is 13.1 Å². The summed E-state index contributed by atoms with van der Waals surface area (Å²) in [5.74, 6) is 0. The summed E-state index contributed by atoms with van der Waals surface area (Å²) >= 11 is 0. The average Bonchev–Trinajstić information content (AvgIpc) is 3.23. The molecule has 1 N–H and O–H groups in total.